The first-order valence-corrected chi connectivity index (χ1v) is 8.78. The van der Waals surface area contributed by atoms with Gasteiger partial charge in [-0.15, -0.1) is 0 Å². The van der Waals surface area contributed by atoms with Crippen molar-refractivity contribution in [2.45, 2.75) is 13.8 Å². The first-order chi connectivity index (χ1) is 12.6. The summed E-state index contributed by atoms with van der Waals surface area (Å²) in [5.41, 5.74) is 4.77. The zero-order chi connectivity index (χ0) is 18.5. The highest BCUT2D eigenvalue weighted by Gasteiger charge is 2.11. The standard InChI is InChI=1S/C20H21ClN4O/c1-13-8-9-16(21)14(2)19(13)24-18-12-17(15-6-4-3-5-7-15)23-20(25-18)22-10-11-26/h3-9,12,26H,10-11H2,1-2H3,(H2,22,23,24,25). The number of aliphatic hydroxyl groups excluding tert-OH is 1. The molecule has 3 N–H and O–H groups in total. The molecular weight excluding hydrogens is 348 g/mol. The van der Waals surface area contributed by atoms with Gasteiger partial charge in [0.2, 0.25) is 5.95 Å². The molecule has 26 heavy (non-hydrogen) atoms. The van der Waals surface area contributed by atoms with Gasteiger partial charge < -0.3 is 15.7 Å². The van der Waals surface area contributed by atoms with Gasteiger partial charge in [0, 0.05) is 28.9 Å². The second-order valence-electron chi connectivity index (χ2n) is 5.97. The van der Waals surface area contributed by atoms with E-state index >= 15 is 0 Å². The number of aliphatic hydroxyl groups is 1. The summed E-state index contributed by atoms with van der Waals surface area (Å²) < 4.78 is 0. The molecule has 0 saturated carbocycles. The fraction of sp³-hybridized carbons (Fsp3) is 0.200. The van der Waals surface area contributed by atoms with Crippen LogP contribution in [0.15, 0.2) is 48.5 Å². The maximum atomic E-state index is 9.07. The summed E-state index contributed by atoms with van der Waals surface area (Å²) in [5.74, 6) is 1.12. The molecule has 134 valence electrons. The maximum absolute atomic E-state index is 9.07. The van der Waals surface area contributed by atoms with Crippen LogP contribution in [-0.2, 0) is 0 Å². The van der Waals surface area contributed by atoms with Crippen LogP contribution in [0.3, 0.4) is 0 Å². The van der Waals surface area contributed by atoms with Crippen molar-refractivity contribution in [1.29, 1.82) is 0 Å². The Morgan fingerprint density at radius 1 is 1.04 bits per heavy atom. The number of hydrogen-bond acceptors (Lipinski definition) is 5. The SMILES string of the molecule is Cc1ccc(Cl)c(C)c1Nc1cc(-c2ccccc2)nc(NCCO)n1. The quantitative estimate of drug-likeness (QED) is 0.595. The van der Waals surface area contributed by atoms with Crippen molar-refractivity contribution in [1.82, 2.24) is 9.97 Å². The number of anilines is 3. The van der Waals surface area contributed by atoms with Gasteiger partial charge in [0.05, 0.1) is 12.3 Å². The molecule has 0 bridgehead atoms. The Labute approximate surface area is 158 Å². The molecule has 0 fully saturated rings. The Bertz CT molecular complexity index is 900. The van der Waals surface area contributed by atoms with Gasteiger partial charge in [-0.25, -0.2) is 4.98 Å². The topological polar surface area (TPSA) is 70.1 Å². The van der Waals surface area contributed by atoms with Crippen LogP contribution in [0.2, 0.25) is 5.02 Å². The first-order valence-electron chi connectivity index (χ1n) is 8.40. The van der Waals surface area contributed by atoms with E-state index < -0.39 is 0 Å². The molecule has 5 nitrogen and oxygen atoms in total. The molecule has 3 aromatic rings. The van der Waals surface area contributed by atoms with Gasteiger partial charge in [-0.3, -0.25) is 0 Å². The fourth-order valence-corrected chi connectivity index (χ4v) is 2.81. The molecule has 0 radical (unpaired) electrons. The first kappa shape index (κ1) is 18.2. The zero-order valence-electron chi connectivity index (χ0n) is 14.8. The second-order valence-corrected chi connectivity index (χ2v) is 6.37. The second kappa shape index (κ2) is 8.17. The zero-order valence-corrected chi connectivity index (χ0v) is 15.5. The maximum Gasteiger partial charge on any atom is 0.225 e. The van der Waals surface area contributed by atoms with Gasteiger partial charge in [0.15, 0.2) is 0 Å². The summed E-state index contributed by atoms with van der Waals surface area (Å²) in [6.07, 6.45) is 0. The lowest BCUT2D eigenvalue weighted by molar-refractivity contribution is 0.311. The highest BCUT2D eigenvalue weighted by molar-refractivity contribution is 6.31. The van der Waals surface area contributed by atoms with Gasteiger partial charge >= 0.3 is 0 Å². The van der Waals surface area contributed by atoms with Crippen molar-refractivity contribution >= 4 is 29.1 Å². The summed E-state index contributed by atoms with van der Waals surface area (Å²) in [6.45, 7) is 4.39. The molecule has 0 atom stereocenters. The fourth-order valence-electron chi connectivity index (χ4n) is 2.66. The van der Waals surface area contributed by atoms with Gasteiger partial charge in [0.1, 0.15) is 5.82 Å². The van der Waals surface area contributed by atoms with Crippen molar-refractivity contribution in [3.63, 3.8) is 0 Å². The molecule has 0 aliphatic heterocycles. The number of aryl methyl sites for hydroxylation is 1. The Hall–Kier alpha value is -2.63. The van der Waals surface area contributed by atoms with Crippen LogP contribution in [-0.4, -0.2) is 28.2 Å². The minimum absolute atomic E-state index is 0.00813. The average molecular weight is 369 g/mol. The van der Waals surface area contributed by atoms with E-state index in [-0.39, 0.29) is 6.61 Å². The average Bonchev–Trinajstić information content (AvgIpc) is 2.67. The summed E-state index contributed by atoms with van der Waals surface area (Å²) >= 11 is 6.27. The van der Waals surface area contributed by atoms with Crippen LogP contribution in [0, 0.1) is 13.8 Å². The van der Waals surface area contributed by atoms with Gasteiger partial charge in [0.25, 0.3) is 0 Å². The third kappa shape index (κ3) is 4.12. The minimum atomic E-state index is 0.00813. The lowest BCUT2D eigenvalue weighted by Gasteiger charge is -2.15. The van der Waals surface area contributed by atoms with E-state index in [0.29, 0.717) is 23.3 Å². The highest BCUT2D eigenvalue weighted by Crippen LogP contribution is 2.30. The summed E-state index contributed by atoms with van der Waals surface area (Å²) in [5, 5.41) is 16.2. The Morgan fingerprint density at radius 2 is 1.81 bits per heavy atom. The van der Waals surface area contributed by atoms with E-state index in [1.165, 1.54) is 0 Å². The van der Waals surface area contributed by atoms with Crippen LogP contribution in [0.1, 0.15) is 11.1 Å². The number of benzene rings is 2. The van der Waals surface area contributed by atoms with E-state index in [2.05, 4.69) is 20.6 Å². The summed E-state index contributed by atoms with van der Waals surface area (Å²) in [4.78, 5) is 9.06. The number of halogens is 1. The lowest BCUT2D eigenvalue weighted by atomic mass is 10.1. The van der Waals surface area contributed by atoms with Crippen LogP contribution in [0.25, 0.3) is 11.3 Å². The minimum Gasteiger partial charge on any atom is -0.395 e. The van der Waals surface area contributed by atoms with Crippen molar-refractivity contribution in [3.05, 3.63) is 64.7 Å². The van der Waals surface area contributed by atoms with Gasteiger partial charge in [-0.1, -0.05) is 48.0 Å². The van der Waals surface area contributed by atoms with Crippen molar-refractivity contribution < 1.29 is 5.11 Å². The van der Waals surface area contributed by atoms with Crippen LogP contribution >= 0.6 is 11.6 Å². The molecule has 2 aromatic carbocycles. The molecule has 1 heterocycles. The monoisotopic (exact) mass is 368 g/mol. The number of aromatic nitrogens is 2. The molecule has 0 saturated heterocycles. The number of nitrogens with one attached hydrogen (secondary N) is 2. The Balaban J connectivity index is 2.02. The lowest BCUT2D eigenvalue weighted by Crippen LogP contribution is -2.10. The van der Waals surface area contributed by atoms with Gasteiger partial charge in [-0.05, 0) is 31.0 Å². The van der Waals surface area contributed by atoms with Crippen LogP contribution in [0.4, 0.5) is 17.5 Å². The predicted octanol–water partition coefficient (Wildman–Crippen LogP) is 4.56. The number of rotatable bonds is 6. The molecular formula is C20H21ClN4O. The number of nitrogens with zero attached hydrogens (tertiary/aromatic N) is 2. The largest absolute Gasteiger partial charge is 0.395 e. The van der Waals surface area contributed by atoms with Crippen molar-refractivity contribution in [3.8, 4) is 11.3 Å². The normalized spacial score (nSPS) is 10.6. The molecule has 1 aromatic heterocycles. The Kier molecular flexibility index (Phi) is 5.71. The molecule has 3 rings (SSSR count). The summed E-state index contributed by atoms with van der Waals surface area (Å²) in [6, 6.07) is 15.7. The van der Waals surface area contributed by atoms with Gasteiger partial charge in [-0.2, -0.15) is 4.98 Å². The molecule has 0 spiro atoms. The van der Waals surface area contributed by atoms with Crippen molar-refractivity contribution in [2.75, 3.05) is 23.8 Å². The Morgan fingerprint density at radius 3 is 2.54 bits per heavy atom. The third-order valence-corrected chi connectivity index (χ3v) is 4.46. The highest BCUT2D eigenvalue weighted by atomic mass is 35.5. The van der Waals surface area contributed by atoms with Crippen LogP contribution < -0.4 is 10.6 Å². The van der Waals surface area contributed by atoms with E-state index in [1.54, 1.807) is 0 Å². The molecule has 0 unspecified atom stereocenters. The molecule has 0 amide bonds. The molecule has 0 aliphatic carbocycles. The van der Waals surface area contributed by atoms with Crippen molar-refractivity contribution in [2.24, 2.45) is 0 Å². The van der Waals surface area contributed by atoms with E-state index in [4.69, 9.17) is 16.7 Å². The number of hydrogen-bond donors (Lipinski definition) is 3. The van der Waals surface area contributed by atoms with Crippen LogP contribution in [0.5, 0.6) is 0 Å². The molecule has 6 heteroatoms. The third-order valence-electron chi connectivity index (χ3n) is 4.05. The van der Waals surface area contributed by atoms with E-state index in [1.807, 2.05) is 62.4 Å². The van der Waals surface area contributed by atoms with E-state index in [0.717, 1.165) is 28.1 Å². The summed E-state index contributed by atoms with van der Waals surface area (Å²) in [7, 11) is 0. The van der Waals surface area contributed by atoms with E-state index in [9.17, 15) is 0 Å². The smallest absolute Gasteiger partial charge is 0.225 e. The molecule has 0 aliphatic rings. The predicted molar refractivity (Wildman–Crippen MR) is 107 cm³/mol.